The number of thiophene rings is 1. The Hall–Kier alpha value is -5.18. The highest BCUT2D eigenvalue weighted by atomic mass is 32.1. The second kappa shape index (κ2) is 10.4. The fourth-order valence-electron chi connectivity index (χ4n) is 9.40. The molecular weight excluding hydrogens is 635 g/mol. The van der Waals surface area contributed by atoms with Gasteiger partial charge in [0.25, 0.3) is 0 Å². The molecule has 0 fully saturated rings. The number of nitrogens with zero attached hydrogens (tertiary/aromatic N) is 1. The zero-order chi connectivity index (χ0) is 34.9. The normalized spacial score (nSPS) is 16.1. The van der Waals surface area contributed by atoms with Crippen LogP contribution in [0.1, 0.15) is 63.8 Å². The molecule has 51 heavy (non-hydrogen) atoms. The monoisotopic (exact) mass is 675 g/mol. The second-order valence-electron chi connectivity index (χ2n) is 16.2. The summed E-state index contributed by atoms with van der Waals surface area (Å²) in [5, 5.41) is 5.26. The van der Waals surface area contributed by atoms with E-state index in [0.717, 1.165) is 0 Å². The summed E-state index contributed by atoms with van der Waals surface area (Å²) in [4.78, 5) is 2.50. The largest absolute Gasteiger partial charge is 0.310 e. The number of hydrogen-bond acceptors (Lipinski definition) is 2. The van der Waals surface area contributed by atoms with E-state index < -0.39 is 0 Å². The summed E-state index contributed by atoms with van der Waals surface area (Å²) in [6.07, 6.45) is 0. The van der Waals surface area contributed by atoms with Crippen molar-refractivity contribution in [3.63, 3.8) is 0 Å². The molecule has 0 radical (unpaired) electrons. The highest BCUT2D eigenvalue weighted by molar-refractivity contribution is 7.25. The van der Waals surface area contributed by atoms with Crippen LogP contribution in [0, 0.1) is 0 Å². The van der Waals surface area contributed by atoms with Crippen LogP contribution in [0.4, 0.5) is 17.1 Å². The van der Waals surface area contributed by atoms with Crippen molar-refractivity contribution in [3.8, 4) is 22.3 Å². The Balaban J connectivity index is 1.23. The fourth-order valence-corrected chi connectivity index (χ4v) is 10.5. The zero-order valence-electron chi connectivity index (χ0n) is 30.1. The molecule has 7 aromatic carbocycles. The number of benzene rings is 7. The Bertz CT molecular complexity index is 2740. The van der Waals surface area contributed by atoms with Gasteiger partial charge in [0.05, 0.1) is 0 Å². The lowest BCUT2D eigenvalue weighted by molar-refractivity contribution is 0.299. The van der Waals surface area contributed by atoms with E-state index >= 15 is 0 Å². The van der Waals surface area contributed by atoms with Gasteiger partial charge in [-0.1, -0.05) is 139 Å². The summed E-state index contributed by atoms with van der Waals surface area (Å²) in [6, 6.07) is 52.8. The van der Waals surface area contributed by atoms with E-state index in [-0.39, 0.29) is 16.2 Å². The number of hydrogen-bond donors (Lipinski definition) is 0. The summed E-state index contributed by atoms with van der Waals surface area (Å²) in [5.41, 5.74) is 14.4. The van der Waals surface area contributed by atoms with Crippen LogP contribution >= 0.6 is 11.3 Å². The molecule has 1 heterocycles. The van der Waals surface area contributed by atoms with E-state index in [1.165, 1.54) is 92.5 Å². The maximum absolute atomic E-state index is 2.50. The van der Waals surface area contributed by atoms with Gasteiger partial charge in [-0.05, 0) is 109 Å². The molecule has 1 aromatic heterocycles. The van der Waals surface area contributed by atoms with Crippen LogP contribution in [-0.2, 0) is 16.2 Å². The highest BCUT2D eigenvalue weighted by Crippen LogP contribution is 2.56. The van der Waals surface area contributed by atoms with E-state index in [0.29, 0.717) is 0 Å². The summed E-state index contributed by atoms with van der Waals surface area (Å²) in [5.74, 6) is 0. The molecule has 10 rings (SSSR count). The molecule has 0 saturated heterocycles. The van der Waals surface area contributed by atoms with Gasteiger partial charge in [0.2, 0.25) is 0 Å². The first-order chi connectivity index (χ1) is 24.6. The molecule has 2 aliphatic carbocycles. The van der Waals surface area contributed by atoms with Crippen molar-refractivity contribution in [1.82, 2.24) is 0 Å². The van der Waals surface area contributed by atoms with E-state index in [1.54, 1.807) is 0 Å². The molecule has 0 unspecified atom stereocenters. The molecule has 0 atom stereocenters. The third-order valence-corrected chi connectivity index (χ3v) is 13.9. The highest BCUT2D eigenvalue weighted by Gasteiger charge is 2.46. The SMILES string of the molecule is CC1(C)c2ccccc2-c2ccc3ccc(N(c4ccc5c(c4)C(C)(C)C(C)(C)c4ccccc4-5)c4ccc5c(c4)sc4ccccc45)cc3c21. The first kappa shape index (κ1) is 30.6. The van der Waals surface area contributed by atoms with Crippen molar-refractivity contribution in [2.45, 2.75) is 57.8 Å². The van der Waals surface area contributed by atoms with Gasteiger partial charge < -0.3 is 4.90 Å². The predicted molar refractivity (Wildman–Crippen MR) is 221 cm³/mol. The molecule has 0 amide bonds. The van der Waals surface area contributed by atoms with E-state index in [1.807, 2.05) is 11.3 Å². The molecule has 0 aliphatic heterocycles. The lowest BCUT2D eigenvalue weighted by atomic mass is 9.55. The molecule has 1 nitrogen and oxygen atoms in total. The lowest BCUT2D eigenvalue weighted by Gasteiger charge is -2.48. The van der Waals surface area contributed by atoms with Crippen molar-refractivity contribution in [2.75, 3.05) is 4.90 Å². The summed E-state index contributed by atoms with van der Waals surface area (Å²) < 4.78 is 2.64. The van der Waals surface area contributed by atoms with Crippen LogP contribution in [0.5, 0.6) is 0 Å². The van der Waals surface area contributed by atoms with Crippen molar-refractivity contribution in [2.24, 2.45) is 0 Å². The van der Waals surface area contributed by atoms with Crippen molar-refractivity contribution in [3.05, 3.63) is 162 Å². The van der Waals surface area contributed by atoms with Crippen LogP contribution in [-0.4, -0.2) is 0 Å². The molecule has 0 bridgehead atoms. The van der Waals surface area contributed by atoms with Gasteiger partial charge in [-0.25, -0.2) is 0 Å². The number of rotatable bonds is 3. The fraction of sp³-hybridized carbons (Fsp3) is 0.184. The minimum absolute atomic E-state index is 0.0415. The van der Waals surface area contributed by atoms with Gasteiger partial charge in [0, 0.05) is 42.6 Å². The average molecular weight is 676 g/mol. The Morgan fingerprint density at radius 3 is 1.78 bits per heavy atom. The maximum Gasteiger partial charge on any atom is 0.0476 e. The Morgan fingerprint density at radius 2 is 0.961 bits per heavy atom. The van der Waals surface area contributed by atoms with E-state index in [4.69, 9.17) is 0 Å². The zero-order valence-corrected chi connectivity index (χ0v) is 31.0. The summed E-state index contributed by atoms with van der Waals surface area (Å²) >= 11 is 1.88. The topological polar surface area (TPSA) is 3.24 Å². The van der Waals surface area contributed by atoms with Crippen LogP contribution in [0.2, 0.25) is 0 Å². The molecule has 248 valence electrons. The van der Waals surface area contributed by atoms with Gasteiger partial charge in [0.15, 0.2) is 0 Å². The van der Waals surface area contributed by atoms with Gasteiger partial charge in [-0.3, -0.25) is 0 Å². The number of anilines is 3. The molecule has 2 heteroatoms. The lowest BCUT2D eigenvalue weighted by Crippen LogP contribution is -2.43. The number of fused-ring (bicyclic) bond motifs is 11. The van der Waals surface area contributed by atoms with Crippen LogP contribution in [0.25, 0.3) is 53.2 Å². The first-order valence-electron chi connectivity index (χ1n) is 18.2. The quantitative estimate of drug-likeness (QED) is 0.180. The van der Waals surface area contributed by atoms with Gasteiger partial charge >= 0.3 is 0 Å². The Kier molecular flexibility index (Phi) is 6.27. The average Bonchev–Trinajstić information content (AvgIpc) is 3.63. The van der Waals surface area contributed by atoms with Crippen LogP contribution < -0.4 is 4.90 Å². The van der Waals surface area contributed by atoms with E-state index in [2.05, 4.69) is 186 Å². The Morgan fingerprint density at radius 1 is 0.412 bits per heavy atom. The van der Waals surface area contributed by atoms with Gasteiger partial charge in [-0.2, -0.15) is 0 Å². The standard InChI is InChI=1S/C49H41NS/c1-47(2)41-16-10-7-14-35(41)39-24-20-30-19-21-31(27-40(30)46(39)47)50(33-23-26-38-37-15-9-12-18-44(37)51-45(38)29-33)32-22-25-36-34-13-8-11-17-42(34)48(3,4)49(5,6)43(36)28-32/h7-29H,1-6H3. The van der Waals surface area contributed by atoms with Crippen molar-refractivity contribution in [1.29, 1.82) is 0 Å². The molecule has 0 saturated carbocycles. The Labute approximate surface area is 304 Å². The van der Waals surface area contributed by atoms with E-state index in [9.17, 15) is 0 Å². The minimum Gasteiger partial charge on any atom is -0.310 e. The van der Waals surface area contributed by atoms with Gasteiger partial charge in [0.1, 0.15) is 0 Å². The minimum atomic E-state index is -0.0975. The molecular formula is C49H41NS. The summed E-state index contributed by atoms with van der Waals surface area (Å²) in [7, 11) is 0. The smallest absolute Gasteiger partial charge is 0.0476 e. The molecule has 8 aromatic rings. The third-order valence-electron chi connectivity index (χ3n) is 12.8. The second-order valence-corrected chi connectivity index (χ2v) is 17.3. The predicted octanol–water partition coefficient (Wildman–Crippen LogP) is 14.2. The van der Waals surface area contributed by atoms with Crippen molar-refractivity contribution < 1.29 is 0 Å². The van der Waals surface area contributed by atoms with Gasteiger partial charge in [-0.15, -0.1) is 11.3 Å². The third kappa shape index (κ3) is 4.14. The molecule has 0 N–H and O–H groups in total. The van der Waals surface area contributed by atoms with Crippen LogP contribution in [0.15, 0.2) is 140 Å². The van der Waals surface area contributed by atoms with Crippen molar-refractivity contribution >= 4 is 59.3 Å². The molecule has 2 aliphatic rings. The maximum atomic E-state index is 2.50. The summed E-state index contributed by atoms with van der Waals surface area (Å²) in [6.45, 7) is 14.5. The molecule has 0 spiro atoms. The van der Waals surface area contributed by atoms with Crippen LogP contribution in [0.3, 0.4) is 0 Å². The first-order valence-corrected chi connectivity index (χ1v) is 19.0.